The van der Waals surface area contributed by atoms with Crippen LogP contribution in [0.5, 0.6) is 5.75 Å². The van der Waals surface area contributed by atoms with Gasteiger partial charge in [0.05, 0.1) is 30.8 Å². The van der Waals surface area contributed by atoms with Gasteiger partial charge in [0.2, 0.25) is 0 Å². The first-order valence-corrected chi connectivity index (χ1v) is 8.55. The van der Waals surface area contributed by atoms with E-state index in [9.17, 15) is 18.8 Å². The third-order valence-corrected chi connectivity index (χ3v) is 4.05. The van der Waals surface area contributed by atoms with Gasteiger partial charge >= 0.3 is 5.97 Å². The van der Waals surface area contributed by atoms with Gasteiger partial charge in [-0.15, -0.1) is 0 Å². The number of ether oxygens (including phenoxy) is 2. The van der Waals surface area contributed by atoms with E-state index in [4.69, 9.17) is 9.47 Å². The number of amides is 2. The SMILES string of the molecule is O=C(CCN1C(=O)c2ccccc2C1=O)OCCCOc1ccc(F)cc1. The molecule has 0 bridgehead atoms. The molecule has 3 rings (SSSR count). The van der Waals surface area contributed by atoms with Crippen LogP contribution in [-0.4, -0.2) is 42.4 Å². The molecule has 0 atom stereocenters. The summed E-state index contributed by atoms with van der Waals surface area (Å²) in [4.78, 5) is 37.2. The van der Waals surface area contributed by atoms with Crippen molar-refractivity contribution in [2.75, 3.05) is 19.8 Å². The number of carbonyl (C=O) groups is 3. The molecule has 0 saturated heterocycles. The molecule has 7 heteroatoms. The summed E-state index contributed by atoms with van der Waals surface area (Å²) in [6, 6.07) is 12.2. The number of fused-ring (bicyclic) bond motifs is 1. The van der Waals surface area contributed by atoms with Crippen LogP contribution in [0, 0.1) is 5.82 Å². The van der Waals surface area contributed by atoms with Crippen molar-refractivity contribution in [3.05, 3.63) is 65.5 Å². The largest absolute Gasteiger partial charge is 0.493 e. The molecule has 0 fully saturated rings. The van der Waals surface area contributed by atoms with Gasteiger partial charge in [0.25, 0.3) is 11.8 Å². The Morgan fingerprint density at radius 1 is 0.926 bits per heavy atom. The first-order chi connectivity index (χ1) is 13.1. The number of hydrogen-bond acceptors (Lipinski definition) is 5. The highest BCUT2D eigenvalue weighted by atomic mass is 19.1. The van der Waals surface area contributed by atoms with Crippen LogP contribution < -0.4 is 4.74 Å². The lowest BCUT2D eigenvalue weighted by Gasteiger charge is -2.13. The molecule has 1 heterocycles. The van der Waals surface area contributed by atoms with Crippen LogP contribution >= 0.6 is 0 Å². The number of imide groups is 1. The van der Waals surface area contributed by atoms with Crippen LogP contribution in [0.25, 0.3) is 0 Å². The van der Waals surface area contributed by atoms with Crippen LogP contribution in [0.2, 0.25) is 0 Å². The second kappa shape index (κ2) is 8.44. The summed E-state index contributed by atoms with van der Waals surface area (Å²) in [5, 5.41) is 0. The summed E-state index contributed by atoms with van der Waals surface area (Å²) >= 11 is 0. The normalized spacial score (nSPS) is 12.9. The zero-order valence-electron chi connectivity index (χ0n) is 14.5. The summed E-state index contributed by atoms with van der Waals surface area (Å²) in [6.07, 6.45) is 0.403. The van der Waals surface area contributed by atoms with Crippen LogP contribution in [0.4, 0.5) is 4.39 Å². The minimum Gasteiger partial charge on any atom is -0.493 e. The Bertz CT molecular complexity index is 815. The molecule has 0 aliphatic carbocycles. The Morgan fingerprint density at radius 3 is 2.19 bits per heavy atom. The maximum absolute atomic E-state index is 12.8. The molecule has 6 nitrogen and oxygen atoms in total. The van der Waals surface area contributed by atoms with Crippen molar-refractivity contribution in [1.29, 1.82) is 0 Å². The van der Waals surface area contributed by atoms with E-state index >= 15 is 0 Å². The van der Waals surface area contributed by atoms with Gasteiger partial charge in [-0.2, -0.15) is 0 Å². The fourth-order valence-electron chi connectivity index (χ4n) is 2.68. The molecule has 0 N–H and O–H groups in total. The summed E-state index contributed by atoms with van der Waals surface area (Å²) in [6.45, 7) is 0.455. The van der Waals surface area contributed by atoms with E-state index in [1.807, 2.05) is 0 Å². The number of rotatable bonds is 8. The van der Waals surface area contributed by atoms with E-state index in [1.54, 1.807) is 24.3 Å². The van der Waals surface area contributed by atoms with E-state index in [2.05, 4.69) is 0 Å². The van der Waals surface area contributed by atoms with E-state index in [0.29, 0.717) is 29.9 Å². The smallest absolute Gasteiger partial charge is 0.307 e. The first-order valence-electron chi connectivity index (χ1n) is 8.55. The van der Waals surface area contributed by atoms with Crippen LogP contribution in [0.15, 0.2) is 48.5 Å². The second-order valence-electron chi connectivity index (χ2n) is 5.93. The highest BCUT2D eigenvalue weighted by Crippen LogP contribution is 2.22. The monoisotopic (exact) mass is 371 g/mol. The van der Waals surface area contributed by atoms with Crippen molar-refractivity contribution >= 4 is 17.8 Å². The van der Waals surface area contributed by atoms with Gasteiger partial charge in [0, 0.05) is 13.0 Å². The number of esters is 1. The Balaban J connectivity index is 1.35. The lowest BCUT2D eigenvalue weighted by atomic mass is 10.1. The third-order valence-electron chi connectivity index (χ3n) is 4.05. The molecule has 1 aliphatic rings. The van der Waals surface area contributed by atoms with E-state index < -0.39 is 17.8 Å². The number of hydrogen-bond donors (Lipinski definition) is 0. The molecule has 2 aromatic carbocycles. The number of nitrogens with zero attached hydrogens (tertiary/aromatic N) is 1. The standard InChI is InChI=1S/C20H18FNO5/c21-14-6-8-15(9-7-14)26-12-3-13-27-18(23)10-11-22-19(24)16-4-1-2-5-17(16)20(22)25/h1-2,4-9H,3,10-13H2. The molecule has 0 saturated carbocycles. The zero-order chi connectivity index (χ0) is 19.2. The lowest BCUT2D eigenvalue weighted by molar-refractivity contribution is -0.143. The van der Waals surface area contributed by atoms with Crippen molar-refractivity contribution in [3.8, 4) is 5.75 Å². The Labute approximate surface area is 155 Å². The fourth-order valence-corrected chi connectivity index (χ4v) is 2.68. The van der Waals surface area contributed by atoms with Gasteiger partial charge in [-0.1, -0.05) is 12.1 Å². The third kappa shape index (κ3) is 4.49. The highest BCUT2D eigenvalue weighted by molar-refractivity contribution is 6.21. The average molecular weight is 371 g/mol. The quantitative estimate of drug-likeness (QED) is 0.405. The number of benzene rings is 2. The maximum Gasteiger partial charge on any atom is 0.307 e. The zero-order valence-corrected chi connectivity index (χ0v) is 14.5. The number of carbonyl (C=O) groups excluding carboxylic acids is 3. The molecule has 0 unspecified atom stereocenters. The van der Waals surface area contributed by atoms with Crippen molar-refractivity contribution in [2.45, 2.75) is 12.8 Å². The Morgan fingerprint density at radius 2 is 1.56 bits per heavy atom. The molecule has 0 radical (unpaired) electrons. The molecular formula is C20H18FNO5. The lowest BCUT2D eigenvalue weighted by Crippen LogP contribution is -2.32. The van der Waals surface area contributed by atoms with Gasteiger partial charge < -0.3 is 9.47 Å². The molecule has 0 aromatic heterocycles. The van der Waals surface area contributed by atoms with Gasteiger partial charge in [-0.3, -0.25) is 19.3 Å². The molecular weight excluding hydrogens is 353 g/mol. The topological polar surface area (TPSA) is 72.9 Å². The summed E-state index contributed by atoms with van der Waals surface area (Å²) in [5.41, 5.74) is 0.711. The van der Waals surface area contributed by atoms with Crippen LogP contribution in [0.3, 0.4) is 0 Å². The van der Waals surface area contributed by atoms with E-state index in [-0.39, 0.29) is 25.4 Å². The first kappa shape index (κ1) is 18.6. The fraction of sp³-hybridized carbons (Fsp3) is 0.250. The van der Waals surface area contributed by atoms with Crippen molar-refractivity contribution < 1.29 is 28.2 Å². The van der Waals surface area contributed by atoms with Crippen LogP contribution in [0.1, 0.15) is 33.6 Å². The molecule has 2 aromatic rings. The molecule has 0 spiro atoms. The van der Waals surface area contributed by atoms with Gasteiger partial charge in [-0.05, 0) is 36.4 Å². The maximum atomic E-state index is 12.8. The predicted molar refractivity (Wildman–Crippen MR) is 93.9 cm³/mol. The Kier molecular flexibility index (Phi) is 5.80. The molecule has 2 amide bonds. The van der Waals surface area contributed by atoms with Gasteiger partial charge in [0.1, 0.15) is 11.6 Å². The molecule has 27 heavy (non-hydrogen) atoms. The summed E-state index contributed by atoms with van der Waals surface area (Å²) in [5.74, 6) is -1.08. The average Bonchev–Trinajstić information content (AvgIpc) is 2.92. The summed E-state index contributed by atoms with van der Waals surface area (Å²) < 4.78 is 23.2. The van der Waals surface area contributed by atoms with Crippen molar-refractivity contribution in [1.82, 2.24) is 4.90 Å². The minimum atomic E-state index is -0.492. The minimum absolute atomic E-state index is 0.0166. The van der Waals surface area contributed by atoms with Crippen molar-refractivity contribution in [3.63, 3.8) is 0 Å². The van der Waals surface area contributed by atoms with Gasteiger partial charge in [-0.25, -0.2) is 4.39 Å². The molecule has 140 valence electrons. The Hall–Kier alpha value is -3.22. The van der Waals surface area contributed by atoms with Crippen LogP contribution in [-0.2, 0) is 9.53 Å². The molecule has 1 aliphatic heterocycles. The van der Waals surface area contributed by atoms with E-state index in [1.165, 1.54) is 24.3 Å². The van der Waals surface area contributed by atoms with E-state index in [0.717, 1.165) is 4.90 Å². The van der Waals surface area contributed by atoms with Gasteiger partial charge in [0.15, 0.2) is 0 Å². The number of halogens is 1. The summed E-state index contributed by atoms with van der Waals surface area (Å²) in [7, 11) is 0. The highest BCUT2D eigenvalue weighted by Gasteiger charge is 2.35. The predicted octanol–water partition coefficient (Wildman–Crippen LogP) is 2.82. The van der Waals surface area contributed by atoms with Crippen molar-refractivity contribution in [2.24, 2.45) is 0 Å². The second-order valence-corrected chi connectivity index (χ2v) is 5.93.